The number of fused-ring (bicyclic) bond motifs is 1. The van der Waals surface area contributed by atoms with E-state index in [0.29, 0.717) is 27.2 Å². The zero-order valence-corrected chi connectivity index (χ0v) is 12.8. The minimum atomic E-state index is -0.295. The third-order valence-electron chi connectivity index (χ3n) is 2.96. The van der Waals surface area contributed by atoms with E-state index >= 15 is 0 Å². The fourth-order valence-electron chi connectivity index (χ4n) is 2.12. The number of rotatable bonds is 2. The van der Waals surface area contributed by atoms with Crippen LogP contribution in [0.5, 0.6) is 0 Å². The monoisotopic (exact) mass is 325 g/mol. The van der Waals surface area contributed by atoms with Crippen LogP contribution in [0, 0.1) is 0 Å². The number of hydrogen-bond acceptors (Lipinski definition) is 2. The van der Waals surface area contributed by atoms with Crippen molar-refractivity contribution in [2.24, 2.45) is 0 Å². The molecule has 0 fully saturated rings. The Balaban J connectivity index is 2.43. The lowest BCUT2D eigenvalue weighted by Crippen LogP contribution is -2.04. The highest BCUT2D eigenvalue weighted by molar-refractivity contribution is 6.37. The van der Waals surface area contributed by atoms with Gasteiger partial charge in [-0.3, -0.25) is 4.57 Å². The first kappa shape index (κ1) is 13.7. The highest BCUT2D eigenvalue weighted by atomic mass is 35.5. The second kappa shape index (κ2) is 5.24. The minimum absolute atomic E-state index is 0.295. The number of hydrogen-bond donors (Lipinski definition) is 0. The molecule has 0 N–H and O–H groups in total. The number of imidazole rings is 1. The van der Waals surface area contributed by atoms with Crippen LogP contribution in [0.15, 0.2) is 36.5 Å². The van der Waals surface area contributed by atoms with Crippen molar-refractivity contribution >= 4 is 46.0 Å². The van der Waals surface area contributed by atoms with E-state index in [4.69, 9.17) is 34.8 Å². The molecule has 0 saturated heterocycles. The van der Waals surface area contributed by atoms with Crippen molar-refractivity contribution in [1.82, 2.24) is 14.5 Å². The maximum atomic E-state index is 6.29. The zero-order valence-electron chi connectivity index (χ0n) is 10.5. The van der Waals surface area contributed by atoms with Gasteiger partial charge in [0, 0.05) is 6.20 Å². The Labute approximate surface area is 131 Å². The number of nitrogens with zero attached hydrogens (tertiary/aromatic N) is 3. The summed E-state index contributed by atoms with van der Waals surface area (Å²) in [5.74, 6) is 0.662. The largest absolute Gasteiger partial charge is 0.276 e. The van der Waals surface area contributed by atoms with Crippen LogP contribution >= 0.6 is 34.8 Å². The van der Waals surface area contributed by atoms with Crippen molar-refractivity contribution in [2.75, 3.05) is 0 Å². The standard InChI is InChI=1S/C14H10Cl3N3/c1-8(15)13-19-11-6-3-7-18-14(11)20(13)12-9(16)4-2-5-10(12)17/h2-8H,1H3. The summed E-state index contributed by atoms with van der Waals surface area (Å²) < 4.78 is 1.82. The summed E-state index contributed by atoms with van der Waals surface area (Å²) >= 11 is 18.8. The molecule has 1 aromatic carbocycles. The van der Waals surface area contributed by atoms with Gasteiger partial charge in [-0.25, -0.2) is 9.97 Å². The van der Waals surface area contributed by atoms with Gasteiger partial charge in [-0.15, -0.1) is 11.6 Å². The summed E-state index contributed by atoms with van der Waals surface area (Å²) in [6, 6.07) is 9.06. The van der Waals surface area contributed by atoms with Crippen LogP contribution in [0.2, 0.25) is 10.0 Å². The third-order valence-corrected chi connectivity index (χ3v) is 3.76. The third kappa shape index (κ3) is 2.16. The predicted molar refractivity (Wildman–Crippen MR) is 83.2 cm³/mol. The van der Waals surface area contributed by atoms with Crippen molar-refractivity contribution in [2.45, 2.75) is 12.3 Å². The fraction of sp³-hybridized carbons (Fsp3) is 0.143. The molecule has 0 aliphatic rings. The van der Waals surface area contributed by atoms with Crippen LogP contribution in [-0.4, -0.2) is 14.5 Å². The highest BCUT2D eigenvalue weighted by Gasteiger charge is 2.20. The Hall–Kier alpha value is -1.29. The smallest absolute Gasteiger partial charge is 0.164 e. The second-order valence-corrected chi connectivity index (χ2v) is 5.81. The van der Waals surface area contributed by atoms with Crippen molar-refractivity contribution in [3.05, 3.63) is 52.4 Å². The molecular formula is C14H10Cl3N3. The van der Waals surface area contributed by atoms with Gasteiger partial charge in [-0.05, 0) is 31.2 Å². The Kier molecular flexibility index (Phi) is 3.59. The van der Waals surface area contributed by atoms with E-state index in [9.17, 15) is 0 Å². The summed E-state index contributed by atoms with van der Waals surface area (Å²) in [5.41, 5.74) is 2.09. The summed E-state index contributed by atoms with van der Waals surface area (Å²) in [5, 5.41) is 0.763. The van der Waals surface area contributed by atoms with Crippen LogP contribution in [0.4, 0.5) is 0 Å². The van der Waals surface area contributed by atoms with Gasteiger partial charge in [0.05, 0.1) is 21.1 Å². The Morgan fingerprint density at radius 1 is 1.10 bits per heavy atom. The molecule has 0 spiro atoms. The molecule has 2 aromatic heterocycles. The first-order chi connectivity index (χ1) is 9.59. The predicted octanol–water partition coefficient (Wildman–Crippen LogP) is 5.03. The molecule has 1 unspecified atom stereocenters. The van der Waals surface area contributed by atoms with E-state index < -0.39 is 0 Å². The van der Waals surface area contributed by atoms with Gasteiger partial charge < -0.3 is 0 Å². The van der Waals surface area contributed by atoms with E-state index in [2.05, 4.69) is 9.97 Å². The quantitative estimate of drug-likeness (QED) is 0.619. The number of aromatic nitrogens is 3. The molecule has 0 bridgehead atoms. The lowest BCUT2D eigenvalue weighted by molar-refractivity contribution is 0.877. The molecule has 6 heteroatoms. The summed E-state index contributed by atoms with van der Waals surface area (Å²) in [4.78, 5) is 8.89. The Morgan fingerprint density at radius 3 is 2.45 bits per heavy atom. The summed E-state index contributed by atoms with van der Waals surface area (Å²) in [6.45, 7) is 1.85. The lowest BCUT2D eigenvalue weighted by atomic mass is 10.3. The maximum absolute atomic E-state index is 6.29. The van der Waals surface area contributed by atoms with Crippen molar-refractivity contribution in [3.63, 3.8) is 0 Å². The molecule has 0 aliphatic heterocycles. The number of alkyl halides is 1. The molecule has 0 amide bonds. The number of benzene rings is 1. The van der Waals surface area contributed by atoms with Gasteiger partial charge in [0.2, 0.25) is 0 Å². The SMILES string of the molecule is CC(Cl)c1nc2cccnc2n1-c1c(Cl)cccc1Cl. The Morgan fingerprint density at radius 2 is 1.80 bits per heavy atom. The minimum Gasteiger partial charge on any atom is -0.276 e. The van der Waals surface area contributed by atoms with E-state index in [0.717, 1.165) is 5.52 Å². The van der Waals surface area contributed by atoms with E-state index in [1.807, 2.05) is 23.6 Å². The van der Waals surface area contributed by atoms with Gasteiger partial charge in [0.15, 0.2) is 5.65 Å². The van der Waals surface area contributed by atoms with Gasteiger partial charge in [-0.2, -0.15) is 0 Å². The van der Waals surface area contributed by atoms with Crippen LogP contribution in [0.3, 0.4) is 0 Å². The first-order valence-corrected chi connectivity index (χ1v) is 7.20. The molecular weight excluding hydrogens is 317 g/mol. The first-order valence-electron chi connectivity index (χ1n) is 6.01. The summed E-state index contributed by atoms with van der Waals surface area (Å²) in [6.07, 6.45) is 1.70. The van der Waals surface area contributed by atoms with Crippen LogP contribution < -0.4 is 0 Å². The molecule has 2 heterocycles. The number of para-hydroxylation sites is 1. The second-order valence-electron chi connectivity index (χ2n) is 4.34. The Bertz CT molecular complexity index is 760. The maximum Gasteiger partial charge on any atom is 0.164 e. The van der Waals surface area contributed by atoms with E-state index in [-0.39, 0.29) is 5.38 Å². The molecule has 3 rings (SSSR count). The molecule has 20 heavy (non-hydrogen) atoms. The fourth-order valence-corrected chi connectivity index (χ4v) is 2.83. The normalized spacial score (nSPS) is 12.8. The average molecular weight is 327 g/mol. The average Bonchev–Trinajstić information content (AvgIpc) is 2.78. The van der Waals surface area contributed by atoms with Crippen LogP contribution in [0.25, 0.3) is 16.9 Å². The van der Waals surface area contributed by atoms with Gasteiger partial charge in [-0.1, -0.05) is 29.3 Å². The van der Waals surface area contributed by atoms with Gasteiger partial charge in [0.1, 0.15) is 11.3 Å². The zero-order chi connectivity index (χ0) is 14.3. The highest BCUT2D eigenvalue weighted by Crippen LogP contribution is 2.34. The van der Waals surface area contributed by atoms with Gasteiger partial charge >= 0.3 is 0 Å². The van der Waals surface area contributed by atoms with Gasteiger partial charge in [0.25, 0.3) is 0 Å². The van der Waals surface area contributed by atoms with E-state index in [1.165, 1.54) is 0 Å². The molecule has 3 nitrogen and oxygen atoms in total. The van der Waals surface area contributed by atoms with Crippen LogP contribution in [-0.2, 0) is 0 Å². The lowest BCUT2D eigenvalue weighted by Gasteiger charge is -2.13. The van der Waals surface area contributed by atoms with Crippen LogP contribution in [0.1, 0.15) is 18.1 Å². The molecule has 102 valence electrons. The number of halogens is 3. The van der Waals surface area contributed by atoms with Crippen molar-refractivity contribution < 1.29 is 0 Å². The topological polar surface area (TPSA) is 30.7 Å². The number of pyridine rings is 1. The molecule has 0 saturated carbocycles. The molecule has 1 atom stereocenters. The van der Waals surface area contributed by atoms with E-state index in [1.54, 1.807) is 24.4 Å². The van der Waals surface area contributed by atoms with Crippen molar-refractivity contribution in [3.8, 4) is 5.69 Å². The molecule has 0 aliphatic carbocycles. The van der Waals surface area contributed by atoms with Crippen molar-refractivity contribution in [1.29, 1.82) is 0 Å². The summed E-state index contributed by atoms with van der Waals surface area (Å²) in [7, 11) is 0. The molecule has 3 aromatic rings. The molecule has 0 radical (unpaired) electrons.